The summed E-state index contributed by atoms with van der Waals surface area (Å²) in [6, 6.07) is 4.29. The standard InChI is InChI=1S/C11H14N2O3/c12-10-3-1-2-7-6-8(13(15)16)4-5-9(7)11(10)14/h4-6,10-11,14H,1-3,12H2. The fourth-order valence-electron chi connectivity index (χ4n) is 2.13. The molecule has 0 heterocycles. The minimum atomic E-state index is -0.710. The maximum atomic E-state index is 10.6. The highest BCUT2D eigenvalue weighted by molar-refractivity contribution is 5.42. The summed E-state index contributed by atoms with van der Waals surface area (Å²) < 4.78 is 0. The second-order valence-corrected chi connectivity index (χ2v) is 4.14. The number of aliphatic hydroxyl groups is 1. The molecule has 1 aromatic carbocycles. The highest BCUT2D eigenvalue weighted by Crippen LogP contribution is 2.30. The van der Waals surface area contributed by atoms with Crippen molar-refractivity contribution in [2.24, 2.45) is 5.73 Å². The zero-order valence-electron chi connectivity index (χ0n) is 8.80. The van der Waals surface area contributed by atoms with E-state index in [9.17, 15) is 15.2 Å². The summed E-state index contributed by atoms with van der Waals surface area (Å²) >= 11 is 0. The summed E-state index contributed by atoms with van der Waals surface area (Å²) in [4.78, 5) is 10.2. The summed E-state index contributed by atoms with van der Waals surface area (Å²) in [5.41, 5.74) is 7.45. The van der Waals surface area contributed by atoms with Crippen LogP contribution in [0.4, 0.5) is 5.69 Å². The van der Waals surface area contributed by atoms with E-state index >= 15 is 0 Å². The lowest BCUT2D eigenvalue weighted by Crippen LogP contribution is -2.27. The van der Waals surface area contributed by atoms with Crippen LogP contribution >= 0.6 is 0 Å². The van der Waals surface area contributed by atoms with Crippen LogP contribution in [0.2, 0.25) is 0 Å². The average molecular weight is 222 g/mol. The Balaban J connectivity index is 2.43. The van der Waals surface area contributed by atoms with Gasteiger partial charge in [0.15, 0.2) is 0 Å². The lowest BCUT2D eigenvalue weighted by molar-refractivity contribution is -0.384. The number of benzene rings is 1. The Morgan fingerprint density at radius 1 is 1.50 bits per heavy atom. The molecule has 16 heavy (non-hydrogen) atoms. The Hall–Kier alpha value is -1.46. The molecule has 2 atom stereocenters. The van der Waals surface area contributed by atoms with Crippen molar-refractivity contribution in [2.75, 3.05) is 0 Å². The largest absolute Gasteiger partial charge is 0.387 e. The highest BCUT2D eigenvalue weighted by Gasteiger charge is 2.24. The van der Waals surface area contributed by atoms with E-state index in [-0.39, 0.29) is 11.7 Å². The molecule has 0 radical (unpaired) electrons. The first kappa shape index (κ1) is 11.0. The number of hydrogen-bond acceptors (Lipinski definition) is 4. The number of rotatable bonds is 1. The van der Waals surface area contributed by atoms with E-state index < -0.39 is 11.0 Å². The second-order valence-electron chi connectivity index (χ2n) is 4.14. The van der Waals surface area contributed by atoms with Crippen molar-refractivity contribution in [1.82, 2.24) is 0 Å². The Labute approximate surface area is 93.0 Å². The maximum absolute atomic E-state index is 10.6. The number of nitro groups is 1. The van der Waals surface area contributed by atoms with Gasteiger partial charge in [0.25, 0.3) is 5.69 Å². The molecule has 2 unspecified atom stereocenters. The van der Waals surface area contributed by atoms with E-state index in [0.717, 1.165) is 30.4 Å². The Kier molecular flexibility index (Phi) is 2.89. The van der Waals surface area contributed by atoms with E-state index in [0.29, 0.717) is 0 Å². The van der Waals surface area contributed by atoms with Crippen LogP contribution in [-0.4, -0.2) is 16.1 Å². The quantitative estimate of drug-likeness (QED) is 0.425. The normalized spacial score (nSPS) is 24.6. The van der Waals surface area contributed by atoms with Crippen molar-refractivity contribution in [3.05, 3.63) is 39.4 Å². The number of nitrogens with zero attached hydrogens (tertiary/aromatic N) is 1. The van der Waals surface area contributed by atoms with E-state index in [4.69, 9.17) is 5.73 Å². The van der Waals surface area contributed by atoms with E-state index in [2.05, 4.69) is 0 Å². The molecule has 1 aliphatic rings. The molecule has 5 heteroatoms. The van der Waals surface area contributed by atoms with Gasteiger partial charge in [-0.25, -0.2) is 0 Å². The third-order valence-corrected chi connectivity index (χ3v) is 3.05. The molecule has 0 saturated heterocycles. The lowest BCUT2D eigenvalue weighted by Gasteiger charge is -2.17. The first-order valence-corrected chi connectivity index (χ1v) is 5.30. The number of hydrogen-bond donors (Lipinski definition) is 2. The Morgan fingerprint density at radius 2 is 2.25 bits per heavy atom. The summed E-state index contributed by atoms with van der Waals surface area (Å²) in [7, 11) is 0. The highest BCUT2D eigenvalue weighted by atomic mass is 16.6. The van der Waals surface area contributed by atoms with Crippen LogP contribution in [-0.2, 0) is 6.42 Å². The van der Waals surface area contributed by atoms with Crippen LogP contribution in [0.25, 0.3) is 0 Å². The molecule has 2 rings (SSSR count). The zero-order valence-corrected chi connectivity index (χ0v) is 8.80. The van der Waals surface area contributed by atoms with Crippen LogP contribution in [0.5, 0.6) is 0 Å². The van der Waals surface area contributed by atoms with Gasteiger partial charge in [0.1, 0.15) is 0 Å². The van der Waals surface area contributed by atoms with Gasteiger partial charge in [-0.2, -0.15) is 0 Å². The predicted octanol–water partition coefficient (Wildman–Crippen LogP) is 1.29. The Morgan fingerprint density at radius 3 is 2.94 bits per heavy atom. The first-order valence-electron chi connectivity index (χ1n) is 5.30. The van der Waals surface area contributed by atoms with Gasteiger partial charge in [-0.05, 0) is 36.5 Å². The summed E-state index contributed by atoms with van der Waals surface area (Å²) in [5.74, 6) is 0. The molecule has 0 saturated carbocycles. The van der Waals surface area contributed by atoms with Crippen molar-refractivity contribution in [1.29, 1.82) is 0 Å². The molecule has 1 aliphatic carbocycles. The summed E-state index contributed by atoms with van der Waals surface area (Å²) in [5, 5.41) is 20.6. The molecule has 86 valence electrons. The van der Waals surface area contributed by atoms with Crippen LogP contribution in [0, 0.1) is 10.1 Å². The summed E-state index contributed by atoms with van der Waals surface area (Å²) in [6.07, 6.45) is 1.62. The first-order chi connectivity index (χ1) is 7.59. The molecule has 0 fully saturated rings. The van der Waals surface area contributed by atoms with E-state index in [1.165, 1.54) is 12.1 Å². The monoisotopic (exact) mass is 222 g/mol. The third-order valence-electron chi connectivity index (χ3n) is 3.05. The van der Waals surface area contributed by atoms with Crippen LogP contribution in [0.15, 0.2) is 18.2 Å². The fraction of sp³-hybridized carbons (Fsp3) is 0.455. The SMILES string of the molecule is NC1CCCc2cc([N+](=O)[O-])ccc2C1O. The van der Waals surface area contributed by atoms with E-state index in [1.807, 2.05) is 0 Å². The lowest BCUT2D eigenvalue weighted by atomic mass is 9.99. The molecule has 0 aliphatic heterocycles. The molecular weight excluding hydrogens is 208 g/mol. The molecular formula is C11H14N2O3. The van der Waals surface area contributed by atoms with Crippen LogP contribution in [0.1, 0.15) is 30.1 Å². The van der Waals surface area contributed by atoms with Gasteiger partial charge in [-0.1, -0.05) is 0 Å². The number of fused-ring (bicyclic) bond motifs is 1. The number of non-ortho nitro benzene ring substituents is 1. The molecule has 0 aromatic heterocycles. The van der Waals surface area contributed by atoms with Gasteiger partial charge in [0.05, 0.1) is 11.0 Å². The van der Waals surface area contributed by atoms with Crippen LogP contribution < -0.4 is 5.73 Å². The molecule has 0 spiro atoms. The van der Waals surface area contributed by atoms with Gasteiger partial charge < -0.3 is 10.8 Å². The Bertz CT molecular complexity index is 420. The summed E-state index contributed by atoms with van der Waals surface area (Å²) in [6.45, 7) is 0. The molecule has 5 nitrogen and oxygen atoms in total. The van der Waals surface area contributed by atoms with Crippen LogP contribution in [0.3, 0.4) is 0 Å². The fourth-order valence-corrected chi connectivity index (χ4v) is 2.13. The van der Waals surface area contributed by atoms with Crippen molar-refractivity contribution in [3.8, 4) is 0 Å². The average Bonchev–Trinajstić information content (AvgIpc) is 2.40. The maximum Gasteiger partial charge on any atom is 0.269 e. The minimum absolute atomic E-state index is 0.0708. The van der Waals surface area contributed by atoms with Crippen molar-refractivity contribution in [2.45, 2.75) is 31.4 Å². The van der Waals surface area contributed by atoms with E-state index in [1.54, 1.807) is 6.07 Å². The van der Waals surface area contributed by atoms with Crippen molar-refractivity contribution < 1.29 is 10.0 Å². The number of aliphatic hydroxyl groups excluding tert-OH is 1. The minimum Gasteiger partial charge on any atom is -0.387 e. The van der Waals surface area contributed by atoms with Gasteiger partial charge in [-0.3, -0.25) is 10.1 Å². The third kappa shape index (κ3) is 1.91. The van der Waals surface area contributed by atoms with Gasteiger partial charge in [-0.15, -0.1) is 0 Å². The molecule has 3 N–H and O–H groups in total. The van der Waals surface area contributed by atoms with Crippen molar-refractivity contribution >= 4 is 5.69 Å². The number of nitrogens with two attached hydrogens (primary N) is 1. The smallest absolute Gasteiger partial charge is 0.269 e. The number of aryl methyl sites for hydroxylation is 1. The molecule has 1 aromatic rings. The van der Waals surface area contributed by atoms with Gasteiger partial charge >= 0.3 is 0 Å². The van der Waals surface area contributed by atoms with Gasteiger partial charge in [0.2, 0.25) is 0 Å². The topological polar surface area (TPSA) is 89.4 Å². The second kappa shape index (κ2) is 4.19. The number of nitro benzene ring substituents is 1. The van der Waals surface area contributed by atoms with Crippen molar-refractivity contribution in [3.63, 3.8) is 0 Å². The zero-order chi connectivity index (χ0) is 11.7. The van der Waals surface area contributed by atoms with Gasteiger partial charge in [0, 0.05) is 18.2 Å². The molecule has 0 bridgehead atoms. The predicted molar refractivity (Wildman–Crippen MR) is 59.0 cm³/mol. The molecule has 0 amide bonds.